The summed E-state index contributed by atoms with van der Waals surface area (Å²) >= 11 is 11.8. The van der Waals surface area contributed by atoms with Gasteiger partial charge in [0.1, 0.15) is 4.90 Å². The van der Waals surface area contributed by atoms with Gasteiger partial charge in [0, 0.05) is 30.8 Å². The molecule has 0 aromatic heterocycles. The maximum atomic E-state index is 12.3. The van der Waals surface area contributed by atoms with Crippen molar-refractivity contribution in [3.8, 4) is 0 Å². The molecule has 2 aromatic rings. The molecule has 0 fully saturated rings. The molecule has 0 spiro atoms. The zero-order valence-corrected chi connectivity index (χ0v) is 14.3. The SMILES string of the molecule is CN(CCNS(=O)(=O)c1cc(Cl)ccc1Cl)c1ccccc1. The first-order chi connectivity index (χ1) is 10.4. The van der Waals surface area contributed by atoms with Gasteiger partial charge in [-0.3, -0.25) is 0 Å². The minimum atomic E-state index is -3.68. The van der Waals surface area contributed by atoms with Crippen LogP contribution in [0.25, 0.3) is 0 Å². The van der Waals surface area contributed by atoms with Crippen LogP contribution in [0.3, 0.4) is 0 Å². The van der Waals surface area contributed by atoms with E-state index >= 15 is 0 Å². The van der Waals surface area contributed by atoms with Crippen molar-refractivity contribution in [2.24, 2.45) is 0 Å². The van der Waals surface area contributed by atoms with Crippen molar-refractivity contribution in [3.05, 3.63) is 58.6 Å². The second kappa shape index (κ2) is 7.33. The monoisotopic (exact) mass is 358 g/mol. The number of hydrogen-bond acceptors (Lipinski definition) is 3. The molecule has 7 heteroatoms. The highest BCUT2D eigenvalue weighted by atomic mass is 35.5. The molecule has 0 aliphatic rings. The highest BCUT2D eigenvalue weighted by molar-refractivity contribution is 7.89. The zero-order valence-electron chi connectivity index (χ0n) is 12.0. The summed E-state index contributed by atoms with van der Waals surface area (Å²) in [4.78, 5) is 1.95. The molecule has 0 unspecified atom stereocenters. The summed E-state index contributed by atoms with van der Waals surface area (Å²) < 4.78 is 27.0. The van der Waals surface area contributed by atoms with Crippen molar-refractivity contribution in [2.45, 2.75) is 4.90 Å². The van der Waals surface area contributed by atoms with E-state index in [9.17, 15) is 8.42 Å². The predicted octanol–water partition coefficient (Wildman–Crippen LogP) is 3.41. The molecule has 118 valence electrons. The molecule has 0 aliphatic carbocycles. The van der Waals surface area contributed by atoms with Gasteiger partial charge in [-0.05, 0) is 30.3 Å². The number of halogens is 2. The van der Waals surface area contributed by atoms with Gasteiger partial charge in [-0.25, -0.2) is 13.1 Å². The van der Waals surface area contributed by atoms with Crippen LogP contribution in [-0.2, 0) is 10.0 Å². The van der Waals surface area contributed by atoms with Gasteiger partial charge in [0.25, 0.3) is 0 Å². The fraction of sp³-hybridized carbons (Fsp3) is 0.200. The summed E-state index contributed by atoms with van der Waals surface area (Å²) in [5, 5.41) is 0.472. The minimum absolute atomic E-state index is 0.0102. The highest BCUT2D eigenvalue weighted by Gasteiger charge is 2.18. The lowest BCUT2D eigenvalue weighted by Crippen LogP contribution is -2.33. The maximum Gasteiger partial charge on any atom is 0.242 e. The Bertz CT molecular complexity index is 736. The lowest BCUT2D eigenvalue weighted by molar-refractivity contribution is 0.581. The Hall–Kier alpha value is -1.27. The number of para-hydroxylation sites is 1. The second-order valence-corrected chi connectivity index (χ2v) is 7.31. The Kier molecular flexibility index (Phi) is 5.69. The van der Waals surface area contributed by atoms with Crippen LogP contribution in [-0.4, -0.2) is 28.6 Å². The van der Waals surface area contributed by atoms with Crippen molar-refractivity contribution >= 4 is 38.9 Å². The topological polar surface area (TPSA) is 49.4 Å². The molecule has 0 saturated heterocycles. The quantitative estimate of drug-likeness (QED) is 0.860. The van der Waals surface area contributed by atoms with Gasteiger partial charge in [0.15, 0.2) is 0 Å². The van der Waals surface area contributed by atoms with E-state index in [0.717, 1.165) is 5.69 Å². The van der Waals surface area contributed by atoms with Crippen LogP contribution in [0.1, 0.15) is 0 Å². The number of hydrogen-bond donors (Lipinski definition) is 1. The summed E-state index contributed by atoms with van der Waals surface area (Å²) in [6.07, 6.45) is 0. The third kappa shape index (κ3) is 4.36. The van der Waals surface area contributed by atoms with Crippen LogP contribution < -0.4 is 9.62 Å². The Labute approximate surface area is 140 Å². The molecule has 0 atom stereocenters. The summed E-state index contributed by atoms with van der Waals surface area (Å²) in [6.45, 7) is 0.790. The molecular formula is C15H16Cl2N2O2S. The zero-order chi connectivity index (χ0) is 16.2. The van der Waals surface area contributed by atoms with Gasteiger partial charge in [0.2, 0.25) is 10.0 Å². The molecule has 0 saturated carbocycles. The van der Waals surface area contributed by atoms with Gasteiger partial charge >= 0.3 is 0 Å². The normalized spacial score (nSPS) is 11.4. The van der Waals surface area contributed by atoms with Crippen molar-refractivity contribution in [2.75, 3.05) is 25.0 Å². The summed E-state index contributed by atoms with van der Waals surface area (Å²) in [5.41, 5.74) is 1.02. The molecule has 0 heterocycles. The molecule has 1 N–H and O–H groups in total. The van der Waals surface area contributed by atoms with Gasteiger partial charge in [0.05, 0.1) is 5.02 Å². The fourth-order valence-electron chi connectivity index (χ4n) is 1.92. The number of nitrogens with one attached hydrogen (secondary N) is 1. The van der Waals surface area contributed by atoms with Crippen molar-refractivity contribution in [1.82, 2.24) is 4.72 Å². The van der Waals surface area contributed by atoms with Crippen LogP contribution in [0.15, 0.2) is 53.4 Å². The van der Waals surface area contributed by atoms with E-state index in [1.807, 2.05) is 42.3 Å². The largest absolute Gasteiger partial charge is 0.373 e. The van der Waals surface area contributed by atoms with E-state index in [4.69, 9.17) is 23.2 Å². The van der Waals surface area contributed by atoms with Gasteiger partial charge in [-0.1, -0.05) is 41.4 Å². The first kappa shape index (κ1) is 17.1. The second-order valence-electron chi connectivity index (χ2n) is 4.73. The average Bonchev–Trinajstić information content (AvgIpc) is 2.50. The van der Waals surface area contributed by atoms with E-state index in [0.29, 0.717) is 11.6 Å². The van der Waals surface area contributed by atoms with Crippen LogP contribution in [0.2, 0.25) is 10.0 Å². The highest BCUT2D eigenvalue weighted by Crippen LogP contribution is 2.24. The smallest absolute Gasteiger partial charge is 0.242 e. The standard InChI is InChI=1S/C15H16Cl2N2O2S/c1-19(13-5-3-2-4-6-13)10-9-18-22(20,21)15-11-12(16)7-8-14(15)17/h2-8,11,18H,9-10H2,1H3. The number of anilines is 1. The van der Waals surface area contributed by atoms with E-state index in [-0.39, 0.29) is 16.5 Å². The van der Waals surface area contributed by atoms with Gasteiger partial charge in [-0.15, -0.1) is 0 Å². The Morgan fingerprint density at radius 1 is 1.09 bits per heavy atom. The molecular weight excluding hydrogens is 343 g/mol. The molecule has 0 radical (unpaired) electrons. The Morgan fingerprint density at radius 2 is 1.77 bits per heavy atom. The van der Waals surface area contributed by atoms with Gasteiger partial charge in [-0.2, -0.15) is 0 Å². The first-order valence-corrected chi connectivity index (χ1v) is 8.85. The average molecular weight is 359 g/mol. The van der Waals surface area contributed by atoms with Crippen molar-refractivity contribution < 1.29 is 8.42 Å². The molecule has 0 aliphatic heterocycles. The number of benzene rings is 2. The van der Waals surface area contributed by atoms with E-state index in [1.165, 1.54) is 12.1 Å². The third-order valence-electron chi connectivity index (χ3n) is 3.12. The van der Waals surface area contributed by atoms with Crippen LogP contribution in [0.4, 0.5) is 5.69 Å². The number of sulfonamides is 1. The predicted molar refractivity (Wildman–Crippen MR) is 91.4 cm³/mol. The summed E-state index contributed by atoms with van der Waals surface area (Å²) in [6, 6.07) is 14.1. The minimum Gasteiger partial charge on any atom is -0.373 e. The molecule has 2 rings (SSSR count). The molecule has 22 heavy (non-hydrogen) atoms. The fourth-order valence-corrected chi connectivity index (χ4v) is 3.70. The van der Waals surface area contributed by atoms with Gasteiger partial charge < -0.3 is 4.90 Å². The number of rotatable bonds is 6. The lowest BCUT2D eigenvalue weighted by Gasteiger charge is -2.19. The third-order valence-corrected chi connectivity index (χ3v) is 5.30. The Morgan fingerprint density at radius 3 is 2.45 bits per heavy atom. The van der Waals surface area contributed by atoms with Crippen molar-refractivity contribution in [3.63, 3.8) is 0 Å². The molecule has 0 amide bonds. The van der Waals surface area contributed by atoms with E-state index in [1.54, 1.807) is 6.07 Å². The van der Waals surface area contributed by atoms with Crippen LogP contribution >= 0.6 is 23.2 Å². The first-order valence-electron chi connectivity index (χ1n) is 6.61. The van der Waals surface area contributed by atoms with Crippen LogP contribution in [0, 0.1) is 0 Å². The van der Waals surface area contributed by atoms with Crippen molar-refractivity contribution in [1.29, 1.82) is 0 Å². The number of nitrogens with zero attached hydrogens (tertiary/aromatic N) is 1. The summed E-state index contributed by atoms with van der Waals surface area (Å²) in [5.74, 6) is 0. The van der Waals surface area contributed by atoms with E-state index < -0.39 is 10.0 Å². The molecule has 4 nitrogen and oxygen atoms in total. The Balaban J connectivity index is 2.00. The van der Waals surface area contributed by atoms with E-state index in [2.05, 4.69) is 4.72 Å². The van der Waals surface area contributed by atoms with Crippen LogP contribution in [0.5, 0.6) is 0 Å². The number of likely N-dealkylation sites (N-methyl/N-ethyl adjacent to an activating group) is 1. The molecule has 0 bridgehead atoms. The summed E-state index contributed by atoms with van der Waals surface area (Å²) in [7, 11) is -1.79. The maximum absolute atomic E-state index is 12.3. The lowest BCUT2D eigenvalue weighted by atomic mass is 10.3. The molecule has 2 aromatic carbocycles.